The van der Waals surface area contributed by atoms with Crippen LogP contribution in [-0.4, -0.2) is 0 Å². The van der Waals surface area contributed by atoms with E-state index in [1.165, 1.54) is 28.3 Å². The normalized spacial score (nSPS) is 10.5. The monoisotopic (exact) mass is 329 g/mol. The molecule has 0 amide bonds. The Morgan fingerprint density at radius 3 is 2.28 bits per heavy atom. The highest BCUT2D eigenvalue weighted by molar-refractivity contribution is 5.82. The molecule has 0 aliphatic rings. The summed E-state index contributed by atoms with van der Waals surface area (Å²) >= 11 is 0. The first-order valence-corrected chi connectivity index (χ1v) is 8.77. The van der Waals surface area contributed by atoms with Gasteiger partial charge in [0.05, 0.1) is 0 Å². The third-order valence-corrected chi connectivity index (χ3v) is 3.95. The quantitative estimate of drug-likeness (QED) is 0.575. The zero-order valence-electron chi connectivity index (χ0n) is 15.2. The van der Waals surface area contributed by atoms with E-state index in [4.69, 9.17) is 5.73 Å². The fourth-order valence-corrected chi connectivity index (χ4v) is 2.50. The van der Waals surface area contributed by atoms with Gasteiger partial charge in [0.1, 0.15) is 0 Å². The molecule has 0 atom stereocenters. The van der Waals surface area contributed by atoms with Gasteiger partial charge < -0.3 is 5.73 Å². The Morgan fingerprint density at radius 1 is 0.960 bits per heavy atom. The smallest absolute Gasteiger partial charge is 0.0314 e. The molecule has 0 aliphatic carbocycles. The minimum Gasteiger partial charge on any atom is -0.399 e. The number of benzene rings is 3. The summed E-state index contributed by atoms with van der Waals surface area (Å²) < 4.78 is 0. The van der Waals surface area contributed by atoms with Gasteiger partial charge in [-0.3, -0.25) is 0 Å². The second kappa shape index (κ2) is 9.48. The molecule has 3 rings (SSSR count). The summed E-state index contributed by atoms with van der Waals surface area (Å²) in [6.07, 6.45) is 6.64. The highest BCUT2D eigenvalue weighted by Gasteiger charge is 1.92. The second-order valence-corrected chi connectivity index (χ2v) is 6.19. The van der Waals surface area contributed by atoms with Crippen molar-refractivity contribution in [2.24, 2.45) is 5.73 Å². The van der Waals surface area contributed by atoms with Gasteiger partial charge in [0, 0.05) is 5.70 Å². The molecule has 2 N–H and O–H groups in total. The maximum atomic E-state index is 5.57. The third-order valence-electron chi connectivity index (χ3n) is 3.95. The summed E-state index contributed by atoms with van der Waals surface area (Å²) in [5.41, 5.74) is 9.72. The van der Waals surface area contributed by atoms with Gasteiger partial charge in [0.15, 0.2) is 0 Å². The minimum absolute atomic E-state index is 0.620. The van der Waals surface area contributed by atoms with Gasteiger partial charge in [-0.15, -0.1) is 0 Å². The Kier molecular flexibility index (Phi) is 7.03. The predicted octanol–water partition coefficient (Wildman–Crippen LogP) is 6.58. The van der Waals surface area contributed by atoms with Crippen molar-refractivity contribution in [2.75, 3.05) is 0 Å². The Balaban J connectivity index is 0.000000185. The van der Waals surface area contributed by atoms with Crippen molar-refractivity contribution in [1.29, 1.82) is 0 Å². The molecular formula is C24H27N. The van der Waals surface area contributed by atoms with Gasteiger partial charge in [-0.05, 0) is 35.2 Å². The minimum atomic E-state index is 0.620. The molecule has 0 aromatic heterocycles. The Labute approximate surface area is 151 Å². The van der Waals surface area contributed by atoms with Crippen LogP contribution in [0.3, 0.4) is 0 Å². The van der Waals surface area contributed by atoms with Gasteiger partial charge in [0.2, 0.25) is 0 Å². The van der Waals surface area contributed by atoms with Gasteiger partial charge in [-0.25, -0.2) is 0 Å². The van der Waals surface area contributed by atoms with Crippen molar-refractivity contribution in [3.63, 3.8) is 0 Å². The fraction of sp³-hybridized carbons (Fsp3) is 0.167. The number of aryl methyl sites for hydroxylation is 1. The van der Waals surface area contributed by atoms with Crippen LogP contribution in [-0.2, 0) is 0 Å². The van der Waals surface area contributed by atoms with E-state index in [1.807, 2.05) is 12.1 Å². The number of unbranched alkanes of at least 4 members (excludes halogenated alkanes) is 1. The number of hydrogen-bond acceptors (Lipinski definition) is 1. The molecule has 1 heteroatoms. The van der Waals surface area contributed by atoms with E-state index in [0.29, 0.717) is 5.70 Å². The highest BCUT2D eigenvalue weighted by atomic mass is 14.6. The summed E-state index contributed by atoms with van der Waals surface area (Å²) in [6.45, 7) is 7.98. The fourth-order valence-electron chi connectivity index (χ4n) is 2.50. The molecule has 0 heterocycles. The molecule has 0 spiro atoms. The van der Waals surface area contributed by atoms with Gasteiger partial charge >= 0.3 is 0 Å². The van der Waals surface area contributed by atoms with Crippen LogP contribution in [0, 0.1) is 6.92 Å². The largest absolute Gasteiger partial charge is 0.399 e. The zero-order chi connectivity index (χ0) is 18.1. The molecule has 0 saturated carbocycles. The molecule has 25 heavy (non-hydrogen) atoms. The standard InChI is InChI=1S/C13H17N.C11H10/c1-3-4-5-6-12-7-9-13(10-8-12)11(2)14;1-9-6-7-10-4-2-3-5-11(10)8-9/h5-10H,2-4,14H2,1H3;2-8H,1H3/b6-5+;. The van der Waals surface area contributed by atoms with Crippen LogP contribution in [0.15, 0.2) is 79.4 Å². The van der Waals surface area contributed by atoms with Crippen molar-refractivity contribution in [3.05, 3.63) is 96.1 Å². The number of allylic oxidation sites excluding steroid dienone is 1. The van der Waals surface area contributed by atoms with Crippen LogP contribution < -0.4 is 5.73 Å². The van der Waals surface area contributed by atoms with Crippen molar-refractivity contribution >= 4 is 22.5 Å². The number of rotatable bonds is 4. The van der Waals surface area contributed by atoms with Crippen LogP contribution in [0.1, 0.15) is 36.5 Å². The lowest BCUT2D eigenvalue weighted by Crippen LogP contribution is -1.92. The topological polar surface area (TPSA) is 26.0 Å². The lowest BCUT2D eigenvalue weighted by molar-refractivity contribution is 0.962. The molecule has 0 radical (unpaired) electrons. The van der Waals surface area contributed by atoms with Crippen LogP contribution in [0.2, 0.25) is 0 Å². The summed E-state index contributed by atoms with van der Waals surface area (Å²) in [7, 11) is 0. The molecule has 0 saturated heterocycles. The molecule has 128 valence electrons. The Morgan fingerprint density at radius 2 is 1.64 bits per heavy atom. The van der Waals surface area contributed by atoms with E-state index in [0.717, 1.165) is 12.0 Å². The third kappa shape index (κ3) is 5.96. The summed E-state index contributed by atoms with van der Waals surface area (Å²) in [6, 6.07) is 23.0. The average Bonchev–Trinajstić information content (AvgIpc) is 2.63. The van der Waals surface area contributed by atoms with Crippen molar-refractivity contribution in [2.45, 2.75) is 26.7 Å². The zero-order valence-corrected chi connectivity index (χ0v) is 15.2. The van der Waals surface area contributed by atoms with E-state index in [2.05, 4.69) is 87.2 Å². The van der Waals surface area contributed by atoms with Crippen LogP contribution in [0.4, 0.5) is 0 Å². The van der Waals surface area contributed by atoms with Crippen molar-refractivity contribution in [1.82, 2.24) is 0 Å². The van der Waals surface area contributed by atoms with E-state index in [1.54, 1.807) is 0 Å². The van der Waals surface area contributed by atoms with E-state index in [-0.39, 0.29) is 0 Å². The first-order valence-electron chi connectivity index (χ1n) is 8.77. The van der Waals surface area contributed by atoms with Gasteiger partial charge in [-0.1, -0.05) is 104 Å². The molecule has 3 aromatic rings. The summed E-state index contributed by atoms with van der Waals surface area (Å²) in [5.74, 6) is 0. The van der Waals surface area contributed by atoms with Crippen LogP contribution >= 0.6 is 0 Å². The highest BCUT2D eigenvalue weighted by Crippen LogP contribution is 2.14. The molecule has 0 aliphatic heterocycles. The first kappa shape index (κ1) is 18.5. The van der Waals surface area contributed by atoms with E-state index in [9.17, 15) is 0 Å². The van der Waals surface area contributed by atoms with Gasteiger partial charge in [0.25, 0.3) is 0 Å². The SMILES string of the molecule is C=C(N)c1ccc(/C=C/CCC)cc1.Cc1ccc2ccccc2c1. The maximum absolute atomic E-state index is 5.57. The summed E-state index contributed by atoms with van der Waals surface area (Å²) in [4.78, 5) is 0. The molecule has 1 nitrogen and oxygen atoms in total. The first-order chi connectivity index (χ1) is 12.1. The van der Waals surface area contributed by atoms with Crippen molar-refractivity contribution < 1.29 is 0 Å². The molecule has 0 fully saturated rings. The van der Waals surface area contributed by atoms with Crippen LogP contribution in [0.5, 0.6) is 0 Å². The average molecular weight is 329 g/mol. The lowest BCUT2D eigenvalue weighted by atomic mass is 10.1. The molecule has 0 bridgehead atoms. The predicted molar refractivity (Wildman–Crippen MR) is 112 cm³/mol. The van der Waals surface area contributed by atoms with Crippen LogP contribution in [0.25, 0.3) is 22.5 Å². The molecule has 3 aromatic carbocycles. The number of nitrogens with two attached hydrogens (primary N) is 1. The lowest BCUT2D eigenvalue weighted by Gasteiger charge is -1.99. The van der Waals surface area contributed by atoms with E-state index >= 15 is 0 Å². The van der Waals surface area contributed by atoms with E-state index < -0.39 is 0 Å². The number of hydrogen-bond donors (Lipinski definition) is 1. The molecular weight excluding hydrogens is 302 g/mol. The maximum Gasteiger partial charge on any atom is 0.0314 e. The Hall–Kier alpha value is -2.80. The second-order valence-electron chi connectivity index (χ2n) is 6.19. The number of fused-ring (bicyclic) bond motifs is 1. The summed E-state index contributed by atoms with van der Waals surface area (Å²) in [5, 5.41) is 2.64. The molecule has 0 unspecified atom stereocenters. The van der Waals surface area contributed by atoms with Gasteiger partial charge in [-0.2, -0.15) is 0 Å². The Bertz CT molecular complexity index is 841. The van der Waals surface area contributed by atoms with Crippen molar-refractivity contribution in [3.8, 4) is 0 Å².